The molecule has 0 atom stereocenters. The molecular weight excluding hydrogens is 278 g/mol. The van der Waals surface area contributed by atoms with E-state index in [-0.39, 0.29) is 0 Å². The second-order valence-electron chi connectivity index (χ2n) is 3.87. The molecule has 0 bridgehead atoms. The number of imidazole rings is 1. The average molecular weight is 290 g/mol. The number of benzene rings is 1. The minimum absolute atomic E-state index is 0.392. The molecule has 1 aromatic carbocycles. The van der Waals surface area contributed by atoms with Crippen molar-refractivity contribution < 1.29 is 0 Å². The standard InChI is InChI=1S/C13H12BrN3/c1-9-12(6-7-15)17(2)13(16-9)10-4-3-5-11(14)8-10/h3-5,8H,6H2,1-2H3. The molecule has 0 unspecified atom stereocenters. The van der Waals surface area contributed by atoms with Crippen LogP contribution in [0.3, 0.4) is 0 Å². The minimum Gasteiger partial charge on any atom is -0.330 e. The van der Waals surface area contributed by atoms with E-state index in [4.69, 9.17) is 5.26 Å². The Bertz CT molecular complexity index is 593. The summed E-state index contributed by atoms with van der Waals surface area (Å²) in [5.74, 6) is 0.897. The fourth-order valence-corrected chi connectivity index (χ4v) is 2.28. The van der Waals surface area contributed by atoms with Crippen molar-refractivity contribution in [1.29, 1.82) is 5.26 Å². The maximum Gasteiger partial charge on any atom is 0.140 e. The molecule has 0 N–H and O–H groups in total. The van der Waals surface area contributed by atoms with Gasteiger partial charge in [-0.2, -0.15) is 5.26 Å². The first-order valence-electron chi connectivity index (χ1n) is 5.28. The molecular formula is C13H12BrN3. The summed E-state index contributed by atoms with van der Waals surface area (Å²) in [4.78, 5) is 4.53. The molecule has 0 saturated carbocycles. The van der Waals surface area contributed by atoms with E-state index in [9.17, 15) is 0 Å². The van der Waals surface area contributed by atoms with Gasteiger partial charge in [-0.15, -0.1) is 0 Å². The van der Waals surface area contributed by atoms with Crippen molar-refractivity contribution in [2.24, 2.45) is 7.05 Å². The third-order valence-electron chi connectivity index (χ3n) is 2.74. The van der Waals surface area contributed by atoms with Crippen LogP contribution in [-0.4, -0.2) is 9.55 Å². The van der Waals surface area contributed by atoms with Gasteiger partial charge in [-0.3, -0.25) is 0 Å². The van der Waals surface area contributed by atoms with E-state index in [1.165, 1.54) is 0 Å². The van der Waals surface area contributed by atoms with Crippen LogP contribution in [0.25, 0.3) is 11.4 Å². The van der Waals surface area contributed by atoms with Crippen molar-refractivity contribution in [3.63, 3.8) is 0 Å². The van der Waals surface area contributed by atoms with Crippen LogP contribution in [0, 0.1) is 18.3 Å². The zero-order valence-electron chi connectivity index (χ0n) is 9.74. The summed E-state index contributed by atoms with van der Waals surface area (Å²) >= 11 is 3.45. The quantitative estimate of drug-likeness (QED) is 0.852. The molecule has 0 aliphatic carbocycles. The normalized spacial score (nSPS) is 10.2. The molecule has 4 heteroatoms. The van der Waals surface area contributed by atoms with E-state index in [1.54, 1.807) is 0 Å². The number of nitrogens with zero attached hydrogens (tertiary/aromatic N) is 3. The second-order valence-corrected chi connectivity index (χ2v) is 4.79. The minimum atomic E-state index is 0.392. The van der Waals surface area contributed by atoms with Gasteiger partial charge < -0.3 is 4.57 Å². The predicted octanol–water partition coefficient (Wildman–Crippen LogP) is 3.22. The molecule has 0 amide bonds. The summed E-state index contributed by atoms with van der Waals surface area (Å²) in [6.07, 6.45) is 0.392. The molecule has 0 aliphatic rings. The van der Waals surface area contributed by atoms with E-state index in [0.29, 0.717) is 6.42 Å². The van der Waals surface area contributed by atoms with Crippen LogP contribution in [-0.2, 0) is 13.5 Å². The molecule has 0 saturated heterocycles. The highest BCUT2D eigenvalue weighted by atomic mass is 79.9. The highest BCUT2D eigenvalue weighted by Gasteiger charge is 2.12. The molecule has 17 heavy (non-hydrogen) atoms. The molecule has 2 aromatic rings. The summed E-state index contributed by atoms with van der Waals surface area (Å²) in [5, 5.41) is 8.79. The largest absolute Gasteiger partial charge is 0.330 e. The molecule has 1 aromatic heterocycles. The van der Waals surface area contributed by atoms with Gasteiger partial charge in [-0.05, 0) is 19.1 Å². The van der Waals surface area contributed by atoms with Crippen molar-refractivity contribution in [1.82, 2.24) is 9.55 Å². The van der Waals surface area contributed by atoms with Crippen LogP contribution < -0.4 is 0 Å². The monoisotopic (exact) mass is 289 g/mol. The first kappa shape index (κ1) is 11.9. The topological polar surface area (TPSA) is 41.6 Å². The summed E-state index contributed by atoms with van der Waals surface area (Å²) in [7, 11) is 1.95. The zero-order chi connectivity index (χ0) is 12.4. The Labute approximate surface area is 109 Å². The summed E-state index contributed by atoms with van der Waals surface area (Å²) < 4.78 is 3.01. The highest BCUT2D eigenvalue weighted by molar-refractivity contribution is 9.10. The van der Waals surface area contributed by atoms with Gasteiger partial charge >= 0.3 is 0 Å². The van der Waals surface area contributed by atoms with Crippen LogP contribution >= 0.6 is 15.9 Å². The Morgan fingerprint density at radius 3 is 2.88 bits per heavy atom. The lowest BCUT2D eigenvalue weighted by Crippen LogP contribution is -1.98. The van der Waals surface area contributed by atoms with E-state index >= 15 is 0 Å². The Hall–Kier alpha value is -1.60. The van der Waals surface area contributed by atoms with Crippen LogP contribution in [0.5, 0.6) is 0 Å². The van der Waals surface area contributed by atoms with Crippen molar-refractivity contribution in [2.75, 3.05) is 0 Å². The van der Waals surface area contributed by atoms with Gasteiger partial charge in [0.25, 0.3) is 0 Å². The van der Waals surface area contributed by atoms with E-state index in [2.05, 4.69) is 27.0 Å². The number of nitriles is 1. The third kappa shape index (κ3) is 2.25. The molecule has 3 nitrogen and oxygen atoms in total. The van der Waals surface area contributed by atoms with Gasteiger partial charge in [0, 0.05) is 17.1 Å². The Kier molecular flexibility index (Phi) is 3.30. The van der Waals surface area contributed by atoms with Crippen LogP contribution in [0.15, 0.2) is 28.7 Å². The van der Waals surface area contributed by atoms with Gasteiger partial charge in [-0.25, -0.2) is 4.98 Å². The lowest BCUT2D eigenvalue weighted by molar-refractivity contribution is 0.859. The van der Waals surface area contributed by atoms with Gasteiger partial charge in [0.15, 0.2) is 0 Å². The summed E-state index contributed by atoms with van der Waals surface area (Å²) in [6.45, 7) is 1.94. The fourth-order valence-electron chi connectivity index (χ4n) is 1.88. The van der Waals surface area contributed by atoms with Crippen molar-refractivity contribution in [3.8, 4) is 17.5 Å². The Morgan fingerprint density at radius 1 is 1.47 bits per heavy atom. The Balaban J connectivity index is 2.54. The summed E-state index contributed by atoms with van der Waals surface area (Å²) in [5.41, 5.74) is 2.95. The van der Waals surface area contributed by atoms with Crippen LogP contribution in [0.4, 0.5) is 0 Å². The van der Waals surface area contributed by atoms with Gasteiger partial charge in [-0.1, -0.05) is 28.1 Å². The number of rotatable bonds is 2. The van der Waals surface area contributed by atoms with Crippen molar-refractivity contribution in [2.45, 2.75) is 13.3 Å². The maximum absolute atomic E-state index is 8.79. The second kappa shape index (κ2) is 4.72. The average Bonchev–Trinajstić information content (AvgIpc) is 2.57. The zero-order valence-corrected chi connectivity index (χ0v) is 11.3. The molecule has 0 fully saturated rings. The number of hydrogen-bond donors (Lipinski definition) is 0. The van der Waals surface area contributed by atoms with Crippen LogP contribution in [0.1, 0.15) is 11.4 Å². The molecule has 2 rings (SSSR count). The number of halogens is 1. The lowest BCUT2D eigenvalue weighted by Gasteiger charge is -2.04. The third-order valence-corrected chi connectivity index (χ3v) is 3.24. The van der Waals surface area contributed by atoms with E-state index in [1.807, 2.05) is 42.8 Å². The predicted molar refractivity (Wildman–Crippen MR) is 70.4 cm³/mol. The molecule has 0 aliphatic heterocycles. The van der Waals surface area contributed by atoms with Gasteiger partial charge in [0.05, 0.1) is 23.9 Å². The van der Waals surface area contributed by atoms with Gasteiger partial charge in [0.2, 0.25) is 0 Å². The maximum atomic E-state index is 8.79. The lowest BCUT2D eigenvalue weighted by atomic mass is 10.2. The first-order chi connectivity index (χ1) is 8.13. The van der Waals surface area contributed by atoms with Crippen LogP contribution in [0.2, 0.25) is 0 Å². The number of aromatic nitrogens is 2. The van der Waals surface area contributed by atoms with Gasteiger partial charge in [0.1, 0.15) is 5.82 Å². The number of hydrogen-bond acceptors (Lipinski definition) is 2. The Morgan fingerprint density at radius 2 is 2.24 bits per heavy atom. The molecule has 0 radical (unpaired) electrons. The molecule has 0 spiro atoms. The molecule has 86 valence electrons. The van der Waals surface area contributed by atoms with E-state index < -0.39 is 0 Å². The van der Waals surface area contributed by atoms with E-state index in [0.717, 1.165) is 27.2 Å². The van der Waals surface area contributed by atoms with Crippen molar-refractivity contribution >= 4 is 15.9 Å². The smallest absolute Gasteiger partial charge is 0.140 e. The SMILES string of the molecule is Cc1nc(-c2cccc(Br)c2)n(C)c1CC#N. The molecule has 1 heterocycles. The summed E-state index contributed by atoms with van der Waals surface area (Å²) in [6, 6.07) is 10.2. The number of aryl methyl sites for hydroxylation is 1. The highest BCUT2D eigenvalue weighted by Crippen LogP contribution is 2.24. The first-order valence-corrected chi connectivity index (χ1v) is 6.08. The van der Waals surface area contributed by atoms with Crippen molar-refractivity contribution in [3.05, 3.63) is 40.1 Å². The fraction of sp³-hybridized carbons (Fsp3) is 0.231.